The van der Waals surface area contributed by atoms with E-state index in [9.17, 15) is 5.11 Å². The molecule has 1 unspecified atom stereocenters. The molecule has 0 heterocycles. The maximum absolute atomic E-state index is 9.23. The number of nitrogens with one attached hydrogen (secondary N) is 1. The summed E-state index contributed by atoms with van der Waals surface area (Å²) in [6.07, 6.45) is 0. The third-order valence-corrected chi connectivity index (χ3v) is 3.16. The van der Waals surface area contributed by atoms with Gasteiger partial charge in [-0.3, -0.25) is 0 Å². The number of halogens is 1. The molecule has 0 fully saturated rings. The van der Waals surface area contributed by atoms with Gasteiger partial charge < -0.3 is 10.4 Å². The average Bonchev–Trinajstić information content (AvgIpc) is 2.21. The van der Waals surface area contributed by atoms with Gasteiger partial charge in [-0.05, 0) is 36.6 Å². The lowest BCUT2D eigenvalue weighted by molar-refractivity contribution is 0.198. The molecule has 0 spiro atoms. The van der Waals surface area contributed by atoms with Gasteiger partial charge in [-0.1, -0.05) is 25.4 Å². The van der Waals surface area contributed by atoms with E-state index in [4.69, 9.17) is 11.6 Å². The second kappa shape index (κ2) is 6.12. The van der Waals surface area contributed by atoms with Crippen LogP contribution in [0.5, 0.6) is 0 Å². The number of benzene rings is 1. The Bertz CT molecular complexity index is 339. The maximum atomic E-state index is 9.23. The van der Waals surface area contributed by atoms with E-state index in [1.807, 2.05) is 25.1 Å². The summed E-state index contributed by atoms with van der Waals surface area (Å²) in [7, 11) is 0. The van der Waals surface area contributed by atoms with Gasteiger partial charge in [0.1, 0.15) is 0 Å². The number of rotatable bonds is 5. The lowest BCUT2D eigenvalue weighted by Gasteiger charge is -2.20. The fraction of sp³-hybridized carbons (Fsp3) is 0.538. The highest BCUT2D eigenvalue weighted by molar-refractivity contribution is 6.30. The first-order valence-electron chi connectivity index (χ1n) is 5.65. The Balaban J connectivity index is 2.60. The van der Waals surface area contributed by atoms with Gasteiger partial charge in [0.05, 0.1) is 0 Å². The standard InChI is InChI=1S/C13H20ClNO/c1-9(2)11(8-16)7-15-13-5-4-12(14)6-10(13)3/h4-6,9,11,15-16H,7-8H2,1-3H3. The summed E-state index contributed by atoms with van der Waals surface area (Å²) in [5.41, 5.74) is 2.22. The summed E-state index contributed by atoms with van der Waals surface area (Å²) in [6, 6.07) is 5.79. The van der Waals surface area contributed by atoms with E-state index in [-0.39, 0.29) is 12.5 Å². The minimum Gasteiger partial charge on any atom is -0.396 e. The van der Waals surface area contributed by atoms with Crippen molar-refractivity contribution in [3.63, 3.8) is 0 Å². The third kappa shape index (κ3) is 3.69. The number of anilines is 1. The smallest absolute Gasteiger partial charge is 0.0478 e. The summed E-state index contributed by atoms with van der Waals surface area (Å²) in [5, 5.41) is 13.3. The first-order valence-corrected chi connectivity index (χ1v) is 6.03. The molecule has 1 atom stereocenters. The lowest BCUT2D eigenvalue weighted by atomic mass is 9.96. The molecular formula is C13H20ClNO. The second-order valence-electron chi connectivity index (χ2n) is 4.53. The predicted octanol–water partition coefficient (Wildman–Crippen LogP) is 3.32. The van der Waals surface area contributed by atoms with Crippen LogP contribution < -0.4 is 5.32 Å². The van der Waals surface area contributed by atoms with Crippen LogP contribution in [-0.2, 0) is 0 Å². The van der Waals surface area contributed by atoms with Gasteiger partial charge in [-0.15, -0.1) is 0 Å². The molecule has 0 aliphatic rings. The molecule has 16 heavy (non-hydrogen) atoms. The first-order chi connectivity index (χ1) is 7.54. The van der Waals surface area contributed by atoms with Crippen LogP contribution in [-0.4, -0.2) is 18.3 Å². The Hall–Kier alpha value is -0.730. The Morgan fingerprint density at radius 2 is 2.06 bits per heavy atom. The molecule has 0 saturated heterocycles. The van der Waals surface area contributed by atoms with Gasteiger partial charge in [-0.2, -0.15) is 0 Å². The monoisotopic (exact) mass is 241 g/mol. The molecule has 2 nitrogen and oxygen atoms in total. The van der Waals surface area contributed by atoms with Crippen LogP contribution in [0.3, 0.4) is 0 Å². The van der Waals surface area contributed by atoms with Crippen LogP contribution in [0.15, 0.2) is 18.2 Å². The van der Waals surface area contributed by atoms with Crippen LogP contribution in [0, 0.1) is 18.8 Å². The molecule has 0 amide bonds. The topological polar surface area (TPSA) is 32.3 Å². The number of aryl methyl sites for hydroxylation is 1. The van der Waals surface area contributed by atoms with Crippen LogP contribution >= 0.6 is 11.6 Å². The zero-order valence-corrected chi connectivity index (χ0v) is 10.9. The molecule has 1 aromatic carbocycles. The van der Waals surface area contributed by atoms with Gasteiger partial charge in [0.15, 0.2) is 0 Å². The van der Waals surface area contributed by atoms with Crippen molar-refractivity contribution in [2.24, 2.45) is 11.8 Å². The molecule has 0 radical (unpaired) electrons. The van der Waals surface area contributed by atoms with Crippen LogP contribution in [0.4, 0.5) is 5.69 Å². The van der Waals surface area contributed by atoms with E-state index in [1.165, 1.54) is 0 Å². The maximum Gasteiger partial charge on any atom is 0.0478 e. The summed E-state index contributed by atoms with van der Waals surface area (Å²) < 4.78 is 0. The Kier molecular flexibility index (Phi) is 5.10. The molecule has 90 valence electrons. The van der Waals surface area contributed by atoms with Gasteiger partial charge in [0.2, 0.25) is 0 Å². The number of hydrogen-bond acceptors (Lipinski definition) is 2. The molecule has 0 aromatic heterocycles. The zero-order chi connectivity index (χ0) is 12.1. The molecule has 3 heteroatoms. The summed E-state index contributed by atoms with van der Waals surface area (Å²) in [6.45, 7) is 7.28. The van der Waals surface area contributed by atoms with Crippen molar-refractivity contribution >= 4 is 17.3 Å². The van der Waals surface area contributed by atoms with Crippen molar-refractivity contribution < 1.29 is 5.11 Å². The molecule has 0 bridgehead atoms. The van der Waals surface area contributed by atoms with E-state index in [0.717, 1.165) is 22.8 Å². The Labute approximate surface area is 103 Å². The highest BCUT2D eigenvalue weighted by Gasteiger charge is 2.12. The van der Waals surface area contributed by atoms with Crippen LogP contribution in [0.2, 0.25) is 5.02 Å². The van der Waals surface area contributed by atoms with E-state index < -0.39 is 0 Å². The van der Waals surface area contributed by atoms with E-state index in [1.54, 1.807) is 0 Å². The van der Waals surface area contributed by atoms with E-state index in [2.05, 4.69) is 19.2 Å². The lowest BCUT2D eigenvalue weighted by Crippen LogP contribution is -2.23. The first kappa shape index (κ1) is 13.3. The van der Waals surface area contributed by atoms with Crippen molar-refractivity contribution in [1.82, 2.24) is 0 Å². The number of hydrogen-bond donors (Lipinski definition) is 2. The molecule has 1 rings (SSSR count). The predicted molar refractivity (Wildman–Crippen MR) is 70.1 cm³/mol. The molecule has 0 aliphatic heterocycles. The Morgan fingerprint density at radius 3 is 2.56 bits per heavy atom. The third-order valence-electron chi connectivity index (χ3n) is 2.92. The zero-order valence-electron chi connectivity index (χ0n) is 10.1. The largest absolute Gasteiger partial charge is 0.396 e. The van der Waals surface area contributed by atoms with Crippen molar-refractivity contribution in [2.75, 3.05) is 18.5 Å². The second-order valence-corrected chi connectivity index (χ2v) is 4.96. The van der Waals surface area contributed by atoms with E-state index in [0.29, 0.717) is 5.92 Å². The molecule has 1 aromatic rings. The number of aliphatic hydroxyl groups is 1. The number of aliphatic hydroxyl groups excluding tert-OH is 1. The fourth-order valence-electron chi connectivity index (χ4n) is 1.58. The minimum atomic E-state index is 0.220. The highest BCUT2D eigenvalue weighted by Crippen LogP contribution is 2.20. The summed E-state index contributed by atoms with van der Waals surface area (Å²) in [5.74, 6) is 0.764. The van der Waals surface area contributed by atoms with Gasteiger partial charge in [-0.25, -0.2) is 0 Å². The summed E-state index contributed by atoms with van der Waals surface area (Å²) in [4.78, 5) is 0. The van der Waals surface area contributed by atoms with Gasteiger partial charge in [0, 0.05) is 29.8 Å². The quantitative estimate of drug-likeness (QED) is 0.829. The van der Waals surface area contributed by atoms with Gasteiger partial charge >= 0.3 is 0 Å². The molecule has 2 N–H and O–H groups in total. The van der Waals surface area contributed by atoms with Crippen molar-refractivity contribution in [3.8, 4) is 0 Å². The average molecular weight is 242 g/mol. The Morgan fingerprint density at radius 1 is 1.38 bits per heavy atom. The van der Waals surface area contributed by atoms with Gasteiger partial charge in [0.25, 0.3) is 0 Å². The normalized spacial score (nSPS) is 12.9. The van der Waals surface area contributed by atoms with Crippen molar-refractivity contribution in [3.05, 3.63) is 28.8 Å². The SMILES string of the molecule is Cc1cc(Cl)ccc1NCC(CO)C(C)C. The molecule has 0 aliphatic carbocycles. The van der Waals surface area contributed by atoms with Crippen molar-refractivity contribution in [2.45, 2.75) is 20.8 Å². The van der Waals surface area contributed by atoms with Crippen molar-refractivity contribution in [1.29, 1.82) is 0 Å². The fourth-order valence-corrected chi connectivity index (χ4v) is 1.80. The van der Waals surface area contributed by atoms with Crippen LogP contribution in [0.1, 0.15) is 19.4 Å². The molecule has 0 saturated carbocycles. The van der Waals surface area contributed by atoms with E-state index >= 15 is 0 Å². The molecular weight excluding hydrogens is 222 g/mol. The minimum absolute atomic E-state index is 0.220. The summed E-state index contributed by atoms with van der Waals surface area (Å²) >= 11 is 5.89. The highest BCUT2D eigenvalue weighted by atomic mass is 35.5. The van der Waals surface area contributed by atoms with Crippen LogP contribution in [0.25, 0.3) is 0 Å².